The van der Waals surface area contributed by atoms with Crippen LogP contribution in [-0.2, 0) is 13.0 Å². The molecule has 1 aromatic carbocycles. The SMILES string of the molecule is Cc1csc(CCNCc2ccc(C)c(Br)c2)n1. The Morgan fingerprint density at radius 2 is 2.17 bits per heavy atom. The highest BCUT2D eigenvalue weighted by atomic mass is 79.9. The summed E-state index contributed by atoms with van der Waals surface area (Å²) in [6.07, 6.45) is 1.01. The van der Waals surface area contributed by atoms with Gasteiger partial charge in [0.25, 0.3) is 0 Å². The molecule has 1 aromatic heterocycles. The van der Waals surface area contributed by atoms with Crippen molar-refractivity contribution in [3.8, 4) is 0 Å². The second-order valence-electron chi connectivity index (χ2n) is 4.39. The first kappa shape index (κ1) is 13.7. The van der Waals surface area contributed by atoms with Crippen molar-refractivity contribution >= 4 is 27.3 Å². The average molecular weight is 325 g/mol. The van der Waals surface area contributed by atoms with Crippen LogP contribution in [0, 0.1) is 13.8 Å². The van der Waals surface area contributed by atoms with Crippen LogP contribution >= 0.6 is 27.3 Å². The molecular formula is C14H17BrN2S. The average Bonchev–Trinajstić information content (AvgIpc) is 2.75. The number of halogens is 1. The molecule has 0 amide bonds. The highest BCUT2D eigenvalue weighted by Crippen LogP contribution is 2.17. The first-order valence-corrected chi connectivity index (χ1v) is 7.69. The summed E-state index contributed by atoms with van der Waals surface area (Å²) in [5.74, 6) is 0. The Morgan fingerprint density at radius 3 is 2.83 bits per heavy atom. The Hall–Kier alpha value is -0.710. The molecule has 2 rings (SSSR count). The highest BCUT2D eigenvalue weighted by Gasteiger charge is 2.00. The molecule has 0 saturated carbocycles. The molecule has 96 valence electrons. The molecule has 0 aliphatic carbocycles. The minimum atomic E-state index is 0.906. The van der Waals surface area contributed by atoms with Crippen molar-refractivity contribution < 1.29 is 0 Å². The summed E-state index contributed by atoms with van der Waals surface area (Å²) in [6, 6.07) is 6.49. The van der Waals surface area contributed by atoms with E-state index in [1.54, 1.807) is 11.3 Å². The smallest absolute Gasteiger partial charge is 0.0940 e. The van der Waals surface area contributed by atoms with Crippen molar-refractivity contribution in [2.24, 2.45) is 0 Å². The minimum absolute atomic E-state index is 0.906. The van der Waals surface area contributed by atoms with E-state index in [1.165, 1.54) is 20.6 Å². The summed E-state index contributed by atoms with van der Waals surface area (Å²) in [6.45, 7) is 6.02. The lowest BCUT2D eigenvalue weighted by Crippen LogP contribution is -2.16. The van der Waals surface area contributed by atoms with Crippen molar-refractivity contribution in [2.75, 3.05) is 6.54 Å². The van der Waals surface area contributed by atoms with Gasteiger partial charge in [0, 0.05) is 35.1 Å². The van der Waals surface area contributed by atoms with Gasteiger partial charge in [-0.25, -0.2) is 4.98 Å². The zero-order chi connectivity index (χ0) is 13.0. The first-order valence-electron chi connectivity index (χ1n) is 6.02. The van der Waals surface area contributed by atoms with Gasteiger partial charge in [-0.15, -0.1) is 11.3 Å². The normalized spacial score (nSPS) is 10.8. The van der Waals surface area contributed by atoms with Gasteiger partial charge in [-0.1, -0.05) is 28.1 Å². The Labute approximate surface area is 121 Å². The fraction of sp³-hybridized carbons (Fsp3) is 0.357. The van der Waals surface area contributed by atoms with Crippen LogP contribution in [0.1, 0.15) is 21.8 Å². The number of hydrogen-bond donors (Lipinski definition) is 1. The van der Waals surface area contributed by atoms with Gasteiger partial charge < -0.3 is 5.32 Å². The Bertz CT molecular complexity index is 522. The third-order valence-electron chi connectivity index (χ3n) is 2.75. The molecule has 0 saturated heterocycles. The molecule has 0 aliphatic rings. The van der Waals surface area contributed by atoms with Crippen LogP contribution in [0.15, 0.2) is 28.1 Å². The fourth-order valence-corrected chi connectivity index (χ4v) is 2.89. The van der Waals surface area contributed by atoms with Gasteiger partial charge in [-0.2, -0.15) is 0 Å². The molecule has 0 unspecified atom stereocenters. The number of thiazole rings is 1. The van der Waals surface area contributed by atoms with E-state index in [-0.39, 0.29) is 0 Å². The van der Waals surface area contributed by atoms with Crippen LogP contribution in [0.5, 0.6) is 0 Å². The maximum Gasteiger partial charge on any atom is 0.0940 e. The van der Waals surface area contributed by atoms with E-state index < -0.39 is 0 Å². The fourth-order valence-electron chi connectivity index (χ4n) is 1.69. The summed E-state index contributed by atoms with van der Waals surface area (Å²) in [7, 11) is 0. The van der Waals surface area contributed by atoms with E-state index >= 15 is 0 Å². The second kappa shape index (κ2) is 6.45. The second-order valence-corrected chi connectivity index (χ2v) is 6.19. The molecule has 4 heteroatoms. The summed E-state index contributed by atoms with van der Waals surface area (Å²) in [5.41, 5.74) is 3.71. The molecule has 2 nitrogen and oxygen atoms in total. The standard InChI is InChI=1S/C14H17BrN2S/c1-10-3-4-12(7-13(10)15)8-16-6-5-14-17-11(2)9-18-14/h3-4,7,9,16H,5-6,8H2,1-2H3. The lowest BCUT2D eigenvalue weighted by molar-refractivity contribution is 0.684. The Kier molecular flexibility index (Phi) is 4.92. The molecule has 0 spiro atoms. The van der Waals surface area contributed by atoms with Gasteiger partial charge in [-0.05, 0) is 31.0 Å². The summed E-state index contributed by atoms with van der Waals surface area (Å²) >= 11 is 5.30. The molecule has 0 fully saturated rings. The lowest BCUT2D eigenvalue weighted by Gasteiger charge is -2.05. The number of aromatic nitrogens is 1. The number of hydrogen-bond acceptors (Lipinski definition) is 3. The summed E-state index contributed by atoms with van der Waals surface area (Å²) in [5, 5.41) is 6.77. The number of benzene rings is 1. The zero-order valence-electron chi connectivity index (χ0n) is 10.7. The van der Waals surface area contributed by atoms with Crippen LogP contribution in [-0.4, -0.2) is 11.5 Å². The Morgan fingerprint density at radius 1 is 1.33 bits per heavy atom. The number of nitrogens with one attached hydrogen (secondary N) is 1. The maximum absolute atomic E-state index is 4.45. The predicted molar refractivity (Wildman–Crippen MR) is 81.1 cm³/mol. The highest BCUT2D eigenvalue weighted by molar-refractivity contribution is 9.10. The third kappa shape index (κ3) is 3.90. The molecule has 18 heavy (non-hydrogen) atoms. The Balaban J connectivity index is 1.76. The quantitative estimate of drug-likeness (QED) is 0.845. The van der Waals surface area contributed by atoms with Crippen molar-refractivity contribution in [3.63, 3.8) is 0 Å². The van der Waals surface area contributed by atoms with Crippen molar-refractivity contribution in [1.29, 1.82) is 0 Å². The van der Waals surface area contributed by atoms with Crippen LogP contribution in [0.4, 0.5) is 0 Å². The maximum atomic E-state index is 4.45. The summed E-state index contributed by atoms with van der Waals surface area (Å²) < 4.78 is 1.18. The van der Waals surface area contributed by atoms with E-state index in [2.05, 4.69) is 56.7 Å². The molecule has 0 aliphatic heterocycles. The van der Waals surface area contributed by atoms with Crippen LogP contribution in [0.3, 0.4) is 0 Å². The van der Waals surface area contributed by atoms with E-state index in [4.69, 9.17) is 0 Å². The van der Waals surface area contributed by atoms with Crippen molar-refractivity contribution in [3.05, 3.63) is 49.9 Å². The molecule has 2 aromatic rings. The molecule has 1 N–H and O–H groups in total. The monoisotopic (exact) mass is 324 g/mol. The number of aryl methyl sites for hydroxylation is 2. The molecular weight excluding hydrogens is 308 g/mol. The van der Waals surface area contributed by atoms with Crippen LogP contribution < -0.4 is 5.32 Å². The third-order valence-corrected chi connectivity index (χ3v) is 4.63. The van der Waals surface area contributed by atoms with E-state index in [9.17, 15) is 0 Å². The van der Waals surface area contributed by atoms with Gasteiger partial charge in [0.15, 0.2) is 0 Å². The molecule has 0 atom stereocenters. The van der Waals surface area contributed by atoms with Crippen molar-refractivity contribution in [2.45, 2.75) is 26.8 Å². The predicted octanol–water partition coefficient (Wildman–Crippen LogP) is 3.85. The van der Waals surface area contributed by atoms with Gasteiger partial charge in [0.1, 0.15) is 0 Å². The van der Waals surface area contributed by atoms with Crippen LogP contribution in [0.25, 0.3) is 0 Å². The molecule has 1 heterocycles. The topological polar surface area (TPSA) is 24.9 Å². The van der Waals surface area contributed by atoms with E-state index in [1.807, 2.05) is 6.92 Å². The van der Waals surface area contributed by atoms with Gasteiger partial charge in [0.2, 0.25) is 0 Å². The lowest BCUT2D eigenvalue weighted by atomic mass is 10.1. The summed E-state index contributed by atoms with van der Waals surface area (Å²) in [4.78, 5) is 4.45. The minimum Gasteiger partial charge on any atom is -0.312 e. The van der Waals surface area contributed by atoms with E-state index in [0.29, 0.717) is 0 Å². The number of nitrogens with zero attached hydrogens (tertiary/aromatic N) is 1. The van der Waals surface area contributed by atoms with Crippen molar-refractivity contribution in [1.82, 2.24) is 10.3 Å². The van der Waals surface area contributed by atoms with E-state index in [0.717, 1.165) is 25.2 Å². The van der Waals surface area contributed by atoms with Gasteiger partial charge >= 0.3 is 0 Å². The van der Waals surface area contributed by atoms with Crippen LogP contribution in [0.2, 0.25) is 0 Å². The zero-order valence-corrected chi connectivity index (χ0v) is 13.1. The molecule has 0 radical (unpaired) electrons. The number of rotatable bonds is 5. The largest absolute Gasteiger partial charge is 0.312 e. The van der Waals surface area contributed by atoms with Gasteiger partial charge in [0.05, 0.1) is 5.01 Å². The first-order chi connectivity index (χ1) is 8.65. The van der Waals surface area contributed by atoms with Gasteiger partial charge in [-0.3, -0.25) is 0 Å². The molecule has 0 bridgehead atoms.